The van der Waals surface area contributed by atoms with Gasteiger partial charge in [-0.25, -0.2) is 4.68 Å². The van der Waals surface area contributed by atoms with Crippen molar-refractivity contribution in [2.75, 3.05) is 20.3 Å². The third-order valence-electron chi connectivity index (χ3n) is 4.33. The van der Waals surface area contributed by atoms with Gasteiger partial charge in [-0.05, 0) is 36.8 Å². The Morgan fingerprint density at radius 3 is 2.50 bits per heavy atom. The van der Waals surface area contributed by atoms with Gasteiger partial charge in [0.25, 0.3) is 5.91 Å². The van der Waals surface area contributed by atoms with Crippen molar-refractivity contribution in [2.24, 2.45) is 0 Å². The second-order valence-electron chi connectivity index (χ2n) is 6.46. The maximum Gasteiger partial charge on any atom is 0.435 e. The van der Waals surface area contributed by atoms with Crippen LogP contribution in [-0.2, 0) is 10.9 Å². The van der Waals surface area contributed by atoms with Crippen molar-refractivity contribution in [3.63, 3.8) is 0 Å². The highest BCUT2D eigenvalue weighted by Crippen LogP contribution is 2.34. The van der Waals surface area contributed by atoms with Gasteiger partial charge in [-0.1, -0.05) is 35.9 Å². The number of carbonyl (C=O) groups excluding carboxylic acids is 1. The number of nitrogens with zero attached hydrogens (tertiary/aromatic N) is 2. The number of ether oxygens (including phenoxy) is 1. The van der Waals surface area contributed by atoms with Crippen LogP contribution in [0.4, 0.5) is 13.2 Å². The van der Waals surface area contributed by atoms with Gasteiger partial charge in [0, 0.05) is 31.4 Å². The molecule has 0 aliphatic heterocycles. The molecule has 0 bridgehead atoms. The van der Waals surface area contributed by atoms with Crippen molar-refractivity contribution in [1.82, 2.24) is 15.1 Å². The SMILES string of the molecule is COCCCNC(=O)c1ccc(-c2cc(C(F)(F)F)nn2-c2ccccc2Cl)cc1. The molecule has 3 rings (SSSR count). The van der Waals surface area contributed by atoms with Crippen LogP contribution in [0.2, 0.25) is 5.02 Å². The Morgan fingerprint density at radius 2 is 1.87 bits per heavy atom. The highest BCUT2D eigenvalue weighted by atomic mass is 35.5. The molecule has 0 spiro atoms. The average molecular weight is 438 g/mol. The van der Waals surface area contributed by atoms with E-state index in [1.165, 1.54) is 0 Å². The van der Waals surface area contributed by atoms with E-state index < -0.39 is 11.9 Å². The van der Waals surface area contributed by atoms with Crippen LogP contribution in [0.3, 0.4) is 0 Å². The normalized spacial score (nSPS) is 11.5. The molecule has 0 atom stereocenters. The summed E-state index contributed by atoms with van der Waals surface area (Å²) < 4.78 is 45.9. The number of halogens is 4. The summed E-state index contributed by atoms with van der Waals surface area (Å²) in [6.45, 7) is 0.995. The molecule has 9 heteroatoms. The number of alkyl halides is 3. The number of carbonyl (C=O) groups is 1. The molecule has 1 N–H and O–H groups in total. The van der Waals surface area contributed by atoms with E-state index in [0.29, 0.717) is 36.4 Å². The minimum Gasteiger partial charge on any atom is -0.385 e. The number of rotatable bonds is 7. The quantitative estimate of drug-likeness (QED) is 0.530. The highest BCUT2D eigenvalue weighted by molar-refractivity contribution is 6.32. The lowest BCUT2D eigenvalue weighted by Gasteiger charge is -2.10. The summed E-state index contributed by atoms with van der Waals surface area (Å²) in [7, 11) is 1.58. The fourth-order valence-electron chi connectivity index (χ4n) is 2.85. The largest absolute Gasteiger partial charge is 0.435 e. The zero-order chi connectivity index (χ0) is 21.7. The second kappa shape index (κ2) is 9.32. The number of nitrogens with one attached hydrogen (secondary N) is 1. The molecule has 0 saturated carbocycles. The summed E-state index contributed by atoms with van der Waals surface area (Å²) >= 11 is 6.18. The van der Waals surface area contributed by atoms with Crippen LogP contribution >= 0.6 is 11.6 Å². The van der Waals surface area contributed by atoms with E-state index in [4.69, 9.17) is 16.3 Å². The van der Waals surface area contributed by atoms with Gasteiger partial charge in [-0.15, -0.1) is 0 Å². The summed E-state index contributed by atoms with van der Waals surface area (Å²) in [5, 5.41) is 6.75. The number of amides is 1. The average Bonchev–Trinajstić information content (AvgIpc) is 3.17. The summed E-state index contributed by atoms with van der Waals surface area (Å²) in [5.41, 5.74) is 0.370. The third-order valence-corrected chi connectivity index (χ3v) is 4.65. The Morgan fingerprint density at radius 1 is 1.17 bits per heavy atom. The molecular formula is C21H19ClF3N3O2. The Balaban J connectivity index is 1.92. The fourth-order valence-corrected chi connectivity index (χ4v) is 3.06. The number of hydrogen-bond donors (Lipinski definition) is 1. The van der Waals surface area contributed by atoms with E-state index in [-0.39, 0.29) is 16.6 Å². The molecule has 0 fully saturated rings. The van der Waals surface area contributed by atoms with Gasteiger partial charge in [0.15, 0.2) is 5.69 Å². The van der Waals surface area contributed by atoms with E-state index in [0.717, 1.165) is 10.7 Å². The predicted molar refractivity (Wildman–Crippen MR) is 108 cm³/mol. The van der Waals surface area contributed by atoms with Crippen molar-refractivity contribution in [3.05, 3.63) is 70.9 Å². The third kappa shape index (κ3) is 5.01. The lowest BCUT2D eigenvalue weighted by molar-refractivity contribution is -0.141. The minimum atomic E-state index is -4.61. The number of hydrogen-bond acceptors (Lipinski definition) is 3. The molecule has 0 aliphatic carbocycles. The van der Waals surface area contributed by atoms with Crippen LogP contribution in [0.25, 0.3) is 16.9 Å². The van der Waals surface area contributed by atoms with Crippen molar-refractivity contribution in [1.29, 1.82) is 0 Å². The lowest BCUT2D eigenvalue weighted by Crippen LogP contribution is -2.25. The van der Waals surface area contributed by atoms with Gasteiger partial charge in [0.2, 0.25) is 0 Å². The number of methoxy groups -OCH3 is 1. The highest BCUT2D eigenvalue weighted by Gasteiger charge is 2.35. The van der Waals surface area contributed by atoms with Gasteiger partial charge in [0.05, 0.1) is 16.4 Å². The lowest BCUT2D eigenvalue weighted by atomic mass is 10.1. The first-order valence-electron chi connectivity index (χ1n) is 9.11. The van der Waals surface area contributed by atoms with E-state index in [9.17, 15) is 18.0 Å². The summed E-state index contributed by atoms with van der Waals surface area (Å²) in [5.74, 6) is -0.270. The predicted octanol–water partition coefficient (Wildman–Crippen LogP) is 4.98. The molecule has 0 saturated heterocycles. The smallest absolute Gasteiger partial charge is 0.385 e. The van der Waals surface area contributed by atoms with Crippen molar-refractivity contribution >= 4 is 17.5 Å². The van der Waals surface area contributed by atoms with E-state index >= 15 is 0 Å². The van der Waals surface area contributed by atoms with Crippen molar-refractivity contribution in [2.45, 2.75) is 12.6 Å². The molecule has 1 heterocycles. The van der Waals surface area contributed by atoms with Gasteiger partial charge in [-0.3, -0.25) is 4.79 Å². The van der Waals surface area contributed by atoms with Gasteiger partial charge in [0.1, 0.15) is 0 Å². The van der Waals surface area contributed by atoms with Gasteiger partial charge >= 0.3 is 6.18 Å². The monoisotopic (exact) mass is 437 g/mol. The summed E-state index contributed by atoms with van der Waals surface area (Å²) in [6.07, 6.45) is -3.93. The van der Waals surface area contributed by atoms with Gasteiger partial charge in [-0.2, -0.15) is 18.3 Å². The zero-order valence-electron chi connectivity index (χ0n) is 16.0. The molecule has 5 nitrogen and oxygen atoms in total. The standard InChI is InChI=1S/C21H19ClF3N3O2/c1-30-12-4-11-26-20(29)15-9-7-14(8-10-15)18-13-19(21(23,24)25)27-28(18)17-6-3-2-5-16(17)22/h2-3,5-10,13H,4,11-12H2,1H3,(H,26,29). The first kappa shape index (κ1) is 21.9. The topological polar surface area (TPSA) is 56.1 Å². The van der Waals surface area contributed by atoms with E-state index in [1.54, 1.807) is 55.6 Å². The molecule has 0 radical (unpaired) electrons. The first-order chi connectivity index (χ1) is 14.3. The Hall–Kier alpha value is -2.84. The number of para-hydroxylation sites is 1. The van der Waals surface area contributed by atoms with Gasteiger partial charge < -0.3 is 10.1 Å². The molecule has 1 amide bonds. The maximum absolute atomic E-state index is 13.3. The Labute approximate surface area is 176 Å². The summed E-state index contributed by atoms with van der Waals surface area (Å²) in [6, 6.07) is 13.7. The molecular weight excluding hydrogens is 419 g/mol. The molecule has 0 aliphatic rings. The maximum atomic E-state index is 13.3. The van der Waals surface area contributed by atoms with Crippen LogP contribution < -0.4 is 5.32 Å². The molecule has 2 aromatic carbocycles. The van der Waals surface area contributed by atoms with E-state index in [2.05, 4.69) is 10.4 Å². The summed E-state index contributed by atoms with van der Waals surface area (Å²) in [4.78, 5) is 12.2. The molecule has 0 unspecified atom stereocenters. The fraction of sp³-hybridized carbons (Fsp3) is 0.238. The molecule has 30 heavy (non-hydrogen) atoms. The Kier molecular flexibility index (Phi) is 6.79. The van der Waals surface area contributed by atoms with Crippen LogP contribution in [0, 0.1) is 0 Å². The van der Waals surface area contributed by atoms with E-state index in [1.807, 2.05) is 0 Å². The van der Waals surface area contributed by atoms with Crippen LogP contribution in [-0.4, -0.2) is 35.9 Å². The van der Waals surface area contributed by atoms with Crippen LogP contribution in [0.15, 0.2) is 54.6 Å². The number of aromatic nitrogens is 2. The molecule has 1 aromatic heterocycles. The van der Waals surface area contributed by atoms with Crippen molar-refractivity contribution < 1.29 is 22.7 Å². The minimum absolute atomic E-state index is 0.211. The first-order valence-corrected chi connectivity index (χ1v) is 9.49. The second-order valence-corrected chi connectivity index (χ2v) is 6.86. The number of benzene rings is 2. The molecule has 158 valence electrons. The van der Waals surface area contributed by atoms with Crippen LogP contribution in [0.1, 0.15) is 22.5 Å². The Bertz CT molecular complexity index is 1020. The van der Waals surface area contributed by atoms with Crippen molar-refractivity contribution in [3.8, 4) is 16.9 Å². The zero-order valence-corrected chi connectivity index (χ0v) is 16.8. The molecule has 3 aromatic rings. The van der Waals surface area contributed by atoms with Crippen LogP contribution in [0.5, 0.6) is 0 Å².